The summed E-state index contributed by atoms with van der Waals surface area (Å²) in [5.41, 5.74) is 2.30. The average molecular weight is 448 g/mol. The minimum Gasteiger partial charge on any atom is -0.450 e. The van der Waals surface area contributed by atoms with Crippen molar-refractivity contribution < 1.29 is 9.21 Å². The van der Waals surface area contributed by atoms with Gasteiger partial charge in [0, 0.05) is 16.9 Å². The van der Waals surface area contributed by atoms with Crippen molar-refractivity contribution in [1.82, 2.24) is 9.97 Å². The molecule has 1 unspecified atom stereocenters. The van der Waals surface area contributed by atoms with Crippen LogP contribution in [0.25, 0.3) is 11.0 Å². The molecule has 2 aromatic carbocycles. The zero-order valence-corrected chi connectivity index (χ0v) is 16.9. The lowest BCUT2D eigenvalue weighted by molar-refractivity contribution is 0.0969. The lowest BCUT2D eigenvalue weighted by Crippen LogP contribution is -2.31. The number of rotatable bonds is 2. The molecule has 0 aliphatic carbocycles. The quantitative estimate of drug-likeness (QED) is 0.454. The average Bonchev–Trinajstić information content (AvgIpc) is 3.03. The first-order chi connectivity index (χ1) is 14.0. The molecule has 29 heavy (non-hydrogen) atoms. The minimum absolute atomic E-state index is 0.0304. The standard InChI is InChI=1S/C22H14BrN3O3/c1-12-3-5-13(6-4-12)18-17-19(27)15-11-14(23)7-8-16(15)29-20(17)21(28)26(18)22-24-9-2-10-25-22/h2-11,18H,1H3. The molecule has 6 nitrogen and oxygen atoms in total. The van der Waals surface area contributed by atoms with Gasteiger partial charge in [0.2, 0.25) is 11.7 Å². The first-order valence-electron chi connectivity index (χ1n) is 8.98. The van der Waals surface area contributed by atoms with E-state index in [0.29, 0.717) is 16.5 Å². The van der Waals surface area contributed by atoms with E-state index >= 15 is 0 Å². The fourth-order valence-corrected chi connectivity index (χ4v) is 3.99. The molecule has 142 valence electrons. The topological polar surface area (TPSA) is 76.3 Å². The fraction of sp³-hybridized carbons (Fsp3) is 0.0909. The molecule has 0 saturated heterocycles. The van der Waals surface area contributed by atoms with Gasteiger partial charge < -0.3 is 4.42 Å². The van der Waals surface area contributed by atoms with Crippen LogP contribution in [0.1, 0.15) is 33.3 Å². The molecule has 3 heterocycles. The van der Waals surface area contributed by atoms with Gasteiger partial charge in [-0.05, 0) is 36.8 Å². The molecule has 0 fully saturated rings. The van der Waals surface area contributed by atoms with Crippen LogP contribution in [-0.4, -0.2) is 15.9 Å². The highest BCUT2D eigenvalue weighted by Gasteiger charge is 2.44. The second-order valence-corrected chi connectivity index (χ2v) is 7.77. The Bertz CT molecular complexity index is 1320. The SMILES string of the molecule is Cc1ccc(C2c3c(oc4ccc(Br)cc4c3=O)C(=O)N2c2ncccn2)cc1. The van der Waals surface area contributed by atoms with Gasteiger partial charge in [-0.3, -0.25) is 14.5 Å². The summed E-state index contributed by atoms with van der Waals surface area (Å²) in [6.45, 7) is 1.98. The molecule has 1 aliphatic rings. The Hall–Kier alpha value is -3.32. The van der Waals surface area contributed by atoms with Gasteiger partial charge in [-0.2, -0.15) is 0 Å². The van der Waals surface area contributed by atoms with Crippen molar-refractivity contribution in [2.24, 2.45) is 0 Å². The number of hydrogen-bond donors (Lipinski definition) is 0. The molecule has 0 radical (unpaired) electrons. The molecular formula is C22H14BrN3O3. The maximum absolute atomic E-state index is 13.4. The molecule has 1 amide bonds. The van der Waals surface area contributed by atoms with E-state index in [4.69, 9.17) is 4.42 Å². The van der Waals surface area contributed by atoms with Crippen molar-refractivity contribution >= 4 is 38.8 Å². The van der Waals surface area contributed by atoms with Crippen LogP contribution >= 0.6 is 15.9 Å². The number of amides is 1. The predicted octanol–water partition coefficient (Wildman–Crippen LogP) is 4.40. The molecule has 7 heteroatoms. The van der Waals surface area contributed by atoms with Gasteiger partial charge in [0.25, 0.3) is 5.91 Å². The number of anilines is 1. The van der Waals surface area contributed by atoms with E-state index in [1.54, 1.807) is 36.7 Å². The van der Waals surface area contributed by atoms with Crippen molar-refractivity contribution in [3.63, 3.8) is 0 Å². The maximum atomic E-state index is 13.4. The fourth-order valence-electron chi connectivity index (χ4n) is 3.63. The highest BCUT2D eigenvalue weighted by Crippen LogP contribution is 2.40. The minimum atomic E-state index is -0.667. The van der Waals surface area contributed by atoms with E-state index in [9.17, 15) is 9.59 Å². The van der Waals surface area contributed by atoms with Crippen LogP contribution in [-0.2, 0) is 0 Å². The Morgan fingerprint density at radius 3 is 2.48 bits per heavy atom. The Kier molecular flexibility index (Phi) is 4.06. The van der Waals surface area contributed by atoms with E-state index in [-0.39, 0.29) is 17.1 Å². The Balaban J connectivity index is 1.83. The molecule has 0 N–H and O–H groups in total. The third-order valence-corrected chi connectivity index (χ3v) is 5.49. The molecule has 0 spiro atoms. The van der Waals surface area contributed by atoms with Crippen molar-refractivity contribution in [1.29, 1.82) is 0 Å². The number of fused-ring (bicyclic) bond motifs is 2. The number of aromatic nitrogens is 2. The summed E-state index contributed by atoms with van der Waals surface area (Å²) in [6, 6.07) is 13.9. The van der Waals surface area contributed by atoms with Gasteiger partial charge in [0.1, 0.15) is 5.58 Å². The number of benzene rings is 2. The summed E-state index contributed by atoms with van der Waals surface area (Å²) < 4.78 is 6.67. The number of nitrogens with zero attached hydrogens (tertiary/aromatic N) is 3. The number of carbonyl (C=O) groups is 1. The highest BCUT2D eigenvalue weighted by molar-refractivity contribution is 9.10. The molecule has 0 saturated carbocycles. The Morgan fingerprint density at radius 2 is 1.76 bits per heavy atom. The summed E-state index contributed by atoms with van der Waals surface area (Å²) >= 11 is 3.40. The summed E-state index contributed by atoms with van der Waals surface area (Å²) in [6.07, 6.45) is 3.13. The first-order valence-corrected chi connectivity index (χ1v) is 9.77. The predicted molar refractivity (Wildman–Crippen MR) is 112 cm³/mol. The highest BCUT2D eigenvalue weighted by atomic mass is 79.9. The van der Waals surface area contributed by atoms with E-state index in [1.807, 2.05) is 31.2 Å². The van der Waals surface area contributed by atoms with E-state index in [2.05, 4.69) is 25.9 Å². The van der Waals surface area contributed by atoms with Gasteiger partial charge in [-0.25, -0.2) is 9.97 Å². The van der Waals surface area contributed by atoms with E-state index in [1.165, 1.54) is 4.90 Å². The van der Waals surface area contributed by atoms with Gasteiger partial charge in [0.15, 0.2) is 5.43 Å². The lowest BCUT2D eigenvalue weighted by Gasteiger charge is -2.23. The smallest absolute Gasteiger partial charge is 0.297 e. The number of hydrogen-bond acceptors (Lipinski definition) is 5. The number of aryl methyl sites for hydroxylation is 1. The van der Waals surface area contributed by atoms with Crippen molar-refractivity contribution in [2.45, 2.75) is 13.0 Å². The van der Waals surface area contributed by atoms with Crippen LogP contribution < -0.4 is 10.3 Å². The Labute approximate surface area is 174 Å². The van der Waals surface area contributed by atoms with Gasteiger partial charge in [-0.1, -0.05) is 45.8 Å². The van der Waals surface area contributed by atoms with Crippen molar-refractivity contribution in [3.8, 4) is 0 Å². The molecule has 1 aliphatic heterocycles. The second kappa shape index (κ2) is 6.63. The molecular weight excluding hydrogens is 434 g/mol. The van der Waals surface area contributed by atoms with E-state index in [0.717, 1.165) is 15.6 Å². The zero-order valence-electron chi connectivity index (χ0n) is 15.3. The van der Waals surface area contributed by atoms with Gasteiger partial charge in [0.05, 0.1) is 17.0 Å². The maximum Gasteiger partial charge on any atom is 0.297 e. The molecule has 4 aromatic rings. The summed E-state index contributed by atoms with van der Waals surface area (Å²) in [5.74, 6) is -0.180. The largest absolute Gasteiger partial charge is 0.450 e. The van der Waals surface area contributed by atoms with Crippen LogP contribution in [0.3, 0.4) is 0 Å². The van der Waals surface area contributed by atoms with Crippen LogP contribution in [0.5, 0.6) is 0 Å². The van der Waals surface area contributed by atoms with Crippen LogP contribution in [0.15, 0.2) is 74.6 Å². The Morgan fingerprint density at radius 1 is 1.03 bits per heavy atom. The van der Waals surface area contributed by atoms with Crippen LogP contribution in [0, 0.1) is 6.92 Å². The normalized spacial score (nSPS) is 15.7. The lowest BCUT2D eigenvalue weighted by atomic mass is 9.98. The van der Waals surface area contributed by atoms with E-state index < -0.39 is 11.9 Å². The number of carbonyl (C=O) groups excluding carboxylic acids is 1. The van der Waals surface area contributed by atoms with Gasteiger partial charge >= 0.3 is 0 Å². The summed E-state index contributed by atoms with van der Waals surface area (Å²) in [7, 11) is 0. The number of halogens is 1. The van der Waals surface area contributed by atoms with Crippen molar-refractivity contribution in [3.05, 3.63) is 98.1 Å². The molecule has 0 bridgehead atoms. The van der Waals surface area contributed by atoms with Crippen molar-refractivity contribution in [2.75, 3.05) is 4.90 Å². The first kappa shape index (κ1) is 17.8. The summed E-state index contributed by atoms with van der Waals surface area (Å²) in [4.78, 5) is 36.7. The van der Waals surface area contributed by atoms with Crippen LogP contribution in [0.4, 0.5) is 5.95 Å². The van der Waals surface area contributed by atoms with Gasteiger partial charge in [-0.15, -0.1) is 0 Å². The third kappa shape index (κ3) is 2.77. The monoisotopic (exact) mass is 447 g/mol. The molecule has 5 rings (SSSR count). The molecule has 2 aromatic heterocycles. The zero-order chi connectivity index (χ0) is 20.1. The molecule has 1 atom stereocenters. The summed E-state index contributed by atoms with van der Waals surface area (Å²) in [5, 5.41) is 0.416. The van der Waals surface area contributed by atoms with Crippen LogP contribution in [0.2, 0.25) is 0 Å². The third-order valence-electron chi connectivity index (χ3n) is 4.99. The second-order valence-electron chi connectivity index (χ2n) is 6.85.